The second kappa shape index (κ2) is 5.45. The van der Waals surface area contributed by atoms with Crippen molar-refractivity contribution in [1.82, 2.24) is 4.98 Å². The van der Waals surface area contributed by atoms with Crippen molar-refractivity contribution >= 4 is 11.7 Å². The van der Waals surface area contributed by atoms with Gasteiger partial charge >= 0.3 is 0 Å². The lowest BCUT2D eigenvalue weighted by Crippen LogP contribution is -2.23. The van der Waals surface area contributed by atoms with Gasteiger partial charge in [-0.05, 0) is 50.5 Å². The van der Waals surface area contributed by atoms with E-state index in [0.29, 0.717) is 23.5 Å². The summed E-state index contributed by atoms with van der Waals surface area (Å²) in [7, 11) is 0. The highest BCUT2D eigenvalue weighted by Gasteiger charge is 2.20. The normalized spacial score (nSPS) is 17.8. The van der Waals surface area contributed by atoms with Crippen LogP contribution in [0.1, 0.15) is 23.2 Å². The number of amides is 1. The molecule has 106 valence electrons. The van der Waals surface area contributed by atoms with E-state index in [0.717, 1.165) is 5.56 Å². The summed E-state index contributed by atoms with van der Waals surface area (Å²) in [5.74, 6) is -0.371. The summed E-state index contributed by atoms with van der Waals surface area (Å²) >= 11 is 0. The maximum Gasteiger partial charge on any atom is 0.232 e. The van der Waals surface area contributed by atoms with E-state index in [1.54, 1.807) is 26.8 Å². The zero-order valence-corrected chi connectivity index (χ0v) is 11.7. The molecule has 1 unspecified atom stereocenters. The summed E-state index contributed by atoms with van der Waals surface area (Å²) in [4.78, 5) is 16.3. The Kier molecular flexibility index (Phi) is 3.88. The molecule has 0 fully saturated rings. The van der Waals surface area contributed by atoms with Crippen LogP contribution in [0.3, 0.4) is 0 Å². The lowest BCUT2D eigenvalue weighted by Gasteiger charge is -2.16. The van der Waals surface area contributed by atoms with Crippen molar-refractivity contribution in [2.45, 2.75) is 27.2 Å². The fraction of sp³-hybridized carbons (Fsp3) is 0.333. The van der Waals surface area contributed by atoms with Crippen molar-refractivity contribution in [3.63, 3.8) is 0 Å². The van der Waals surface area contributed by atoms with Crippen LogP contribution in [0.5, 0.6) is 5.75 Å². The predicted molar refractivity (Wildman–Crippen MR) is 75.2 cm³/mol. The summed E-state index contributed by atoms with van der Waals surface area (Å²) in [6.07, 6.45) is 4.56. The molecule has 2 N–H and O–H groups in total. The van der Waals surface area contributed by atoms with E-state index in [1.165, 1.54) is 12.2 Å². The van der Waals surface area contributed by atoms with Crippen LogP contribution in [0, 0.1) is 26.7 Å². The molecule has 0 spiro atoms. The molecule has 0 radical (unpaired) electrons. The molecule has 1 heterocycles. The van der Waals surface area contributed by atoms with Gasteiger partial charge in [0.2, 0.25) is 5.91 Å². The number of hydrogen-bond donors (Lipinski definition) is 2. The Morgan fingerprint density at radius 3 is 2.70 bits per heavy atom. The first kappa shape index (κ1) is 14.2. The second-order valence-electron chi connectivity index (χ2n) is 4.92. The van der Waals surface area contributed by atoms with Gasteiger partial charge in [0.05, 0.1) is 11.6 Å². The lowest BCUT2D eigenvalue weighted by molar-refractivity contribution is -0.118. The summed E-state index contributed by atoms with van der Waals surface area (Å²) in [6, 6.07) is 0. The molecule has 0 bridgehead atoms. The highest BCUT2D eigenvalue weighted by Crippen LogP contribution is 2.28. The van der Waals surface area contributed by atoms with Crippen LogP contribution in [0.2, 0.25) is 0 Å². The third-order valence-electron chi connectivity index (χ3n) is 3.53. The number of pyridine rings is 1. The average Bonchev–Trinajstić information content (AvgIpc) is 2.43. The number of halogens is 1. The molecule has 4 nitrogen and oxygen atoms in total. The van der Waals surface area contributed by atoms with E-state index in [-0.39, 0.29) is 17.5 Å². The monoisotopic (exact) mass is 276 g/mol. The highest BCUT2D eigenvalue weighted by atomic mass is 19.1. The minimum atomic E-state index is -0.398. The Morgan fingerprint density at radius 1 is 1.40 bits per heavy atom. The maximum atomic E-state index is 12.9. The molecule has 1 amide bonds. The number of nitrogens with zero attached hydrogens (tertiary/aromatic N) is 1. The molecule has 0 aliphatic heterocycles. The van der Waals surface area contributed by atoms with Crippen molar-refractivity contribution in [3.8, 4) is 5.75 Å². The van der Waals surface area contributed by atoms with Crippen molar-refractivity contribution in [2.75, 3.05) is 5.32 Å². The number of aromatic nitrogens is 1. The van der Waals surface area contributed by atoms with Gasteiger partial charge in [-0.15, -0.1) is 0 Å². The fourth-order valence-electron chi connectivity index (χ4n) is 2.05. The minimum Gasteiger partial charge on any atom is -0.506 e. The zero-order valence-electron chi connectivity index (χ0n) is 11.7. The lowest BCUT2D eigenvalue weighted by atomic mass is 9.99. The van der Waals surface area contributed by atoms with E-state index < -0.39 is 5.92 Å². The number of aryl methyl sites for hydroxylation is 1. The summed E-state index contributed by atoms with van der Waals surface area (Å²) < 4.78 is 12.9. The summed E-state index contributed by atoms with van der Waals surface area (Å²) in [5, 5.41) is 12.5. The molecule has 1 aliphatic rings. The fourth-order valence-corrected chi connectivity index (χ4v) is 2.05. The molecule has 2 rings (SSSR count). The highest BCUT2D eigenvalue weighted by molar-refractivity contribution is 5.94. The standard InChI is InChI=1S/C15H17FN2O2/c1-8-9(2)14(17-10(3)13(8)19)18-15(20)11-4-6-12(16)7-5-11/h4,6-7,11,19H,5H2,1-3H3,(H,17,18,20). The number of carbonyl (C=O) groups excluding carboxylic acids is 1. The van der Waals surface area contributed by atoms with Crippen LogP contribution in [-0.2, 0) is 4.79 Å². The molecular formula is C15H17FN2O2. The first-order valence-electron chi connectivity index (χ1n) is 6.41. The maximum absolute atomic E-state index is 12.9. The van der Waals surface area contributed by atoms with E-state index in [9.17, 15) is 14.3 Å². The van der Waals surface area contributed by atoms with Gasteiger partial charge in [0.15, 0.2) is 0 Å². The van der Waals surface area contributed by atoms with Crippen LogP contribution in [0.4, 0.5) is 10.2 Å². The Labute approximate surface area is 117 Å². The second-order valence-corrected chi connectivity index (χ2v) is 4.92. The average molecular weight is 276 g/mol. The molecule has 0 aromatic carbocycles. The molecule has 1 aromatic heterocycles. The van der Waals surface area contributed by atoms with Crippen LogP contribution < -0.4 is 5.32 Å². The smallest absolute Gasteiger partial charge is 0.232 e. The third kappa shape index (κ3) is 2.71. The predicted octanol–water partition coefficient (Wildman–Crippen LogP) is 3.08. The Hall–Kier alpha value is -2.17. The Bertz CT molecular complexity index is 621. The Balaban J connectivity index is 2.19. The van der Waals surface area contributed by atoms with Crippen molar-refractivity contribution in [2.24, 2.45) is 5.92 Å². The number of rotatable bonds is 2. The zero-order chi connectivity index (χ0) is 14.9. The van der Waals surface area contributed by atoms with E-state index >= 15 is 0 Å². The third-order valence-corrected chi connectivity index (χ3v) is 3.53. The number of nitrogens with one attached hydrogen (secondary N) is 1. The molecular weight excluding hydrogens is 259 g/mol. The van der Waals surface area contributed by atoms with Gasteiger partial charge in [0.1, 0.15) is 17.4 Å². The van der Waals surface area contributed by atoms with E-state index in [2.05, 4.69) is 10.3 Å². The van der Waals surface area contributed by atoms with Gasteiger partial charge in [-0.25, -0.2) is 9.37 Å². The van der Waals surface area contributed by atoms with Gasteiger partial charge in [-0.2, -0.15) is 0 Å². The SMILES string of the molecule is Cc1nc(NC(=O)C2C=CC(F)=CC2)c(C)c(C)c1O. The van der Waals surface area contributed by atoms with Crippen molar-refractivity contribution < 1.29 is 14.3 Å². The number of allylic oxidation sites excluding steroid dienone is 3. The van der Waals surface area contributed by atoms with Gasteiger partial charge in [-0.3, -0.25) is 4.79 Å². The first-order chi connectivity index (χ1) is 9.40. The van der Waals surface area contributed by atoms with Crippen LogP contribution in [-0.4, -0.2) is 16.0 Å². The molecule has 20 heavy (non-hydrogen) atoms. The molecule has 5 heteroatoms. The number of anilines is 1. The topological polar surface area (TPSA) is 62.2 Å². The summed E-state index contributed by atoms with van der Waals surface area (Å²) in [6.45, 7) is 5.23. The van der Waals surface area contributed by atoms with Crippen molar-refractivity contribution in [1.29, 1.82) is 0 Å². The van der Waals surface area contributed by atoms with Crippen LogP contribution in [0.25, 0.3) is 0 Å². The molecule has 0 saturated carbocycles. The number of carbonyl (C=O) groups is 1. The van der Waals surface area contributed by atoms with Crippen LogP contribution in [0.15, 0.2) is 24.1 Å². The first-order valence-corrected chi connectivity index (χ1v) is 6.41. The molecule has 0 saturated heterocycles. The summed E-state index contributed by atoms with van der Waals surface area (Å²) in [5.41, 5.74) is 1.88. The van der Waals surface area contributed by atoms with Gasteiger partial charge in [0, 0.05) is 0 Å². The quantitative estimate of drug-likeness (QED) is 0.872. The number of hydrogen-bond acceptors (Lipinski definition) is 3. The van der Waals surface area contributed by atoms with Gasteiger partial charge in [-0.1, -0.05) is 6.08 Å². The van der Waals surface area contributed by atoms with Gasteiger partial charge in [0.25, 0.3) is 0 Å². The van der Waals surface area contributed by atoms with E-state index in [4.69, 9.17) is 0 Å². The Morgan fingerprint density at radius 2 is 2.10 bits per heavy atom. The van der Waals surface area contributed by atoms with E-state index in [1.807, 2.05) is 0 Å². The van der Waals surface area contributed by atoms with Crippen LogP contribution >= 0.6 is 0 Å². The van der Waals surface area contributed by atoms with Crippen molar-refractivity contribution in [3.05, 3.63) is 40.9 Å². The largest absolute Gasteiger partial charge is 0.506 e. The minimum absolute atomic E-state index is 0.142. The molecule has 1 aliphatic carbocycles. The number of aromatic hydroxyl groups is 1. The van der Waals surface area contributed by atoms with Gasteiger partial charge < -0.3 is 10.4 Å². The molecule has 1 aromatic rings. The molecule has 1 atom stereocenters.